The summed E-state index contributed by atoms with van der Waals surface area (Å²) in [6.45, 7) is 2.37. The zero-order chi connectivity index (χ0) is 7.56. The van der Waals surface area contributed by atoms with Gasteiger partial charge in [0, 0.05) is 18.5 Å². The van der Waals surface area contributed by atoms with Crippen LogP contribution < -0.4 is 5.73 Å². The number of rotatable bonds is 2. The van der Waals surface area contributed by atoms with E-state index in [1.54, 1.807) is 6.07 Å². The van der Waals surface area contributed by atoms with Gasteiger partial charge in [-0.2, -0.15) is 4.39 Å². The lowest BCUT2D eigenvalue weighted by Crippen LogP contribution is -2.07. The maximum atomic E-state index is 12.2. The Balaban J connectivity index is 2.74. The van der Waals surface area contributed by atoms with Crippen molar-refractivity contribution in [1.82, 2.24) is 0 Å². The summed E-state index contributed by atoms with van der Waals surface area (Å²) in [5.74, 6) is 0.713. The van der Waals surface area contributed by atoms with E-state index in [0.29, 0.717) is 12.3 Å². The van der Waals surface area contributed by atoms with Gasteiger partial charge in [-0.25, -0.2) is 0 Å². The number of nitrogens with two attached hydrogens (primary N) is 1. The SMILES string of the molecule is CC(CN)c1ccc(F)o1. The fourth-order valence-corrected chi connectivity index (χ4v) is 0.709. The van der Waals surface area contributed by atoms with Crippen molar-refractivity contribution in [2.24, 2.45) is 5.73 Å². The van der Waals surface area contributed by atoms with Crippen LogP contribution >= 0.6 is 0 Å². The van der Waals surface area contributed by atoms with E-state index in [1.165, 1.54) is 6.07 Å². The van der Waals surface area contributed by atoms with Gasteiger partial charge in [-0.3, -0.25) is 0 Å². The first-order chi connectivity index (χ1) is 4.74. The fourth-order valence-electron chi connectivity index (χ4n) is 0.709. The zero-order valence-electron chi connectivity index (χ0n) is 5.80. The van der Waals surface area contributed by atoms with Crippen molar-refractivity contribution >= 4 is 0 Å². The van der Waals surface area contributed by atoms with Crippen LogP contribution in [0.1, 0.15) is 18.6 Å². The van der Waals surface area contributed by atoms with Gasteiger partial charge in [-0.15, -0.1) is 0 Å². The molecule has 1 heterocycles. The first-order valence-corrected chi connectivity index (χ1v) is 3.19. The number of halogens is 1. The van der Waals surface area contributed by atoms with Gasteiger partial charge in [0.2, 0.25) is 0 Å². The molecule has 1 aromatic rings. The minimum Gasteiger partial charge on any atom is -0.436 e. The van der Waals surface area contributed by atoms with E-state index in [0.717, 1.165) is 0 Å². The summed E-state index contributed by atoms with van der Waals surface area (Å²) in [6, 6.07) is 2.35. The molecule has 2 nitrogen and oxygen atoms in total. The van der Waals surface area contributed by atoms with E-state index in [1.807, 2.05) is 6.92 Å². The van der Waals surface area contributed by atoms with Crippen molar-refractivity contribution in [3.05, 3.63) is 23.9 Å². The summed E-state index contributed by atoms with van der Waals surface area (Å²) in [7, 11) is 0. The summed E-state index contributed by atoms with van der Waals surface area (Å²) in [4.78, 5) is 0. The molecule has 0 aliphatic heterocycles. The molecule has 0 saturated heterocycles. The highest BCUT2D eigenvalue weighted by atomic mass is 19.1. The Morgan fingerprint density at radius 3 is 2.80 bits per heavy atom. The Morgan fingerprint density at radius 1 is 1.70 bits per heavy atom. The van der Waals surface area contributed by atoms with Crippen molar-refractivity contribution in [2.75, 3.05) is 6.54 Å². The predicted molar refractivity (Wildman–Crippen MR) is 36.1 cm³/mol. The Labute approximate surface area is 58.8 Å². The first-order valence-electron chi connectivity index (χ1n) is 3.19. The summed E-state index contributed by atoms with van der Waals surface area (Å²) in [5, 5.41) is 0. The molecule has 1 unspecified atom stereocenters. The molecule has 0 radical (unpaired) electrons. The third kappa shape index (κ3) is 1.36. The van der Waals surface area contributed by atoms with Gasteiger partial charge < -0.3 is 10.2 Å². The Kier molecular flexibility index (Phi) is 2.06. The van der Waals surface area contributed by atoms with Crippen molar-refractivity contribution in [3.63, 3.8) is 0 Å². The third-order valence-corrected chi connectivity index (χ3v) is 1.43. The zero-order valence-corrected chi connectivity index (χ0v) is 5.80. The van der Waals surface area contributed by atoms with Crippen LogP contribution in [0.3, 0.4) is 0 Å². The van der Waals surface area contributed by atoms with Crippen LogP contribution in [-0.4, -0.2) is 6.54 Å². The number of hydrogen-bond acceptors (Lipinski definition) is 2. The van der Waals surface area contributed by atoms with Crippen molar-refractivity contribution in [3.8, 4) is 0 Å². The molecule has 0 aliphatic carbocycles. The van der Waals surface area contributed by atoms with Gasteiger partial charge in [0.25, 0.3) is 6.01 Å². The molecule has 3 heteroatoms. The second-order valence-electron chi connectivity index (χ2n) is 2.28. The normalized spacial score (nSPS) is 13.5. The average molecular weight is 143 g/mol. The average Bonchev–Trinajstić information content (AvgIpc) is 2.34. The summed E-state index contributed by atoms with van der Waals surface area (Å²) in [5.41, 5.74) is 5.33. The molecule has 1 rings (SSSR count). The topological polar surface area (TPSA) is 39.2 Å². The van der Waals surface area contributed by atoms with Gasteiger partial charge in [0.15, 0.2) is 0 Å². The molecule has 0 saturated carbocycles. The van der Waals surface area contributed by atoms with E-state index < -0.39 is 6.01 Å². The van der Waals surface area contributed by atoms with Gasteiger partial charge in [-0.1, -0.05) is 6.92 Å². The van der Waals surface area contributed by atoms with Crippen molar-refractivity contribution < 1.29 is 8.81 Å². The Morgan fingerprint density at radius 2 is 2.40 bits per heavy atom. The summed E-state index contributed by atoms with van der Waals surface area (Å²) in [6.07, 6.45) is 0. The van der Waals surface area contributed by atoms with E-state index in [4.69, 9.17) is 5.73 Å². The molecule has 1 aromatic heterocycles. The van der Waals surface area contributed by atoms with Crippen LogP contribution in [0.4, 0.5) is 4.39 Å². The van der Waals surface area contributed by atoms with Gasteiger partial charge >= 0.3 is 0 Å². The van der Waals surface area contributed by atoms with Gasteiger partial charge in [0.05, 0.1) is 0 Å². The molecule has 0 amide bonds. The van der Waals surface area contributed by atoms with E-state index >= 15 is 0 Å². The maximum absolute atomic E-state index is 12.2. The predicted octanol–water partition coefficient (Wildman–Crippen LogP) is 1.48. The largest absolute Gasteiger partial charge is 0.436 e. The molecule has 0 aromatic carbocycles. The van der Waals surface area contributed by atoms with Crippen LogP contribution in [0.2, 0.25) is 0 Å². The summed E-state index contributed by atoms with van der Waals surface area (Å²) >= 11 is 0. The van der Waals surface area contributed by atoms with Crippen LogP contribution in [0.15, 0.2) is 16.5 Å². The van der Waals surface area contributed by atoms with Gasteiger partial charge in [-0.05, 0) is 6.07 Å². The highest BCUT2D eigenvalue weighted by molar-refractivity contribution is 5.05. The van der Waals surface area contributed by atoms with Gasteiger partial charge in [0.1, 0.15) is 5.76 Å². The summed E-state index contributed by atoms with van der Waals surface area (Å²) < 4.78 is 16.9. The molecule has 0 aliphatic rings. The second kappa shape index (κ2) is 2.84. The number of furan rings is 1. The fraction of sp³-hybridized carbons (Fsp3) is 0.429. The smallest absolute Gasteiger partial charge is 0.277 e. The molecule has 2 N–H and O–H groups in total. The highest BCUT2D eigenvalue weighted by Crippen LogP contribution is 2.15. The highest BCUT2D eigenvalue weighted by Gasteiger charge is 2.07. The van der Waals surface area contributed by atoms with Crippen LogP contribution in [0.25, 0.3) is 0 Å². The lowest BCUT2D eigenvalue weighted by molar-refractivity contribution is 0.328. The Hall–Kier alpha value is -0.830. The molecular formula is C7H10FNO. The van der Waals surface area contributed by atoms with Crippen LogP contribution in [0.5, 0.6) is 0 Å². The molecule has 0 bridgehead atoms. The molecular weight excluding hydrogens is 133 g/mol. The quantitative estimate of drug-likeness (QED) is 0.681. The maximum Gasteiger partial charge on any atom is 0.277 e. The second-order valence-corrected chi connectivity index (χ2v) is 2.28. The molecule has 10 heavy (non-hydrogen) atoms. The molecule has 0 fully saturated rings. The van der Waals surface area contributed by atoms with E-state index in [9.17, 15) is 4.39 Å². The van der Waals surface area contributed by atoms with E-state index in [-0.39, 0.29) is 5.92 Å². The van der Waals surface area contributed by atoms with Crippen molar-refractivity contribution in [1.29, 1.82) is 0 Å². The van der Waals surface area contributed by atoms with E-state index in [2.05, 4.69) is 4.42 Å². The molecule has 0 spiro atoms. The monoisotopic (exact) mass is 143 g/mol. The standard InChI is InChI=1S/C7H10FNO/c1-5(4-9)6-2-3-7(8)10-6/h2-3,5H,4,9H2,1H3. The van der Waals surface area contributed by atoms with Crippen LogP contribution in [0, 0.1) is 6.01 Å². The Bertz CT molecular complexity index is 209. The third-order valence-electron chi connectivity index (χ3n) is 1.43. The lowest BCUT2D eigenvalue weighted by Gasteiger charge is -2.01. The molecule has 1 atom stereocenters. The first kappa shape index (κ1) is 7.28. The number of hydrogen-bond donors (Lipinski definition) is 1. The molecule has 56 valence electrons. The minimum atomic E-state index is -0.546. The minimum absolute atomic E-state index is 0.101. The lowest BCUT2D eigenvalue weighted by atomic mass is 10.1. The van der Waals surface area contributed by atoms with Crippen molar-refractivity contribution in [2.45, 2.75) is 12.8 Å². The van der Waals surface area contributed by atoms with Crippen LogP contribution in [-0.2, 0) is 0 Å².